The Morgan fingerprint density at radius 2 is 2.00 bits per heavy atom. The zero-order valence-corrected chi connectivity index (χ0v) is 10.3. The molecule has 14 heavy (non-hydrogen) atoms. The van der Waals surface area contributed by atoms with E-state index < -0.39 is 0 Å². The summed E-state index contributed by atoms with van der Waals surface area (Å²) in [5.41, 5.74) is 0. The first-order valence-corrected chi connectivity index (χ1v) is 5.74. The van der Waals surface area contributed by atoms with Gasteiger partial charge in [-0.2, -0.15) is 0 Å². The molecule has 0 aromatic rings. The third-order valence-electron chi connectivity index (χ3n) is 1.86. The number of hydrogen-bond donors (Lipinski definition) is 1. The third kappa shape index (κ3) is 5.96. The molecule has 0 aliphatic carbocycles. The summed E-state index contributed by atoms with van der Waals surface area (Å²) in [6, 6.07) is 0. The van der Waals surface area contributed by atoms with Gasteiger partial charge in [0, 0.05) is 25.8 Å². The Balaban J connectivity index is 3.70. The van der Waals surface area contributed by atoms with Gasteiger partial charge in [-0.05, 0) is 12.8 Å². The number of carbonyl (C=O) groups excluding carboxylic acids is 2. The molecule has 0 bridgehead atoms. The predicted octanol–water partition coefficient (Wildman–Crippen LogP) is 0.756. The van der Waals surface area contributed by atoms with Crippen LogP contribution in [0.4, 0.5) is 0 Å². The van der Waals surface area contributed by atoms with Crippen LogP contribution in [0, 0.1) is 0 Å². The van der Waals surface area contributed by atoms with Gasteiger partial charge in [0.05, 0.1) is 6.54 Å². The minimum atomic E-state index is -0.138. The van der Waals surface area contributed by atoms with Crippen molar-refractivity contribution in [3.63, 3.8) is 0 Å². The lowest BCUT2D eigenvalue weighted by atomic mass is 10.2. The van der Waals surface area contributed by atoms with Crippen LogP contribution in [0.2, 0.25) is 0 Å². The molecule has 0 saturated heterocycles. The zero-order chi connectivity index (χ0) is 11.0. The van der Waals surface area contributed by atoms with Crippen LogP contribution in [0.1, 0.15) is 19.3 Å². The molecule has 0 aliphatic rings. The summed E-state index contributed by atoms with van der Waals surface area (Å²) in [7, 11) is 3.21. The van der Waals surface area contributed by atoms with Crippen molar-refractivity contribution >= 4 is 27.7 Å². The molecular formula is C9H17BrN2O2. The first-order chi connectivity index (χ1) is 6.61. The average molecular weight is 265 g/mol. The fourth-order valence-corrected chi connectivity index (χ4v) is 1.34. The molecular weight excluding hydrogens is 248 g/mol. The van der Waals surface area contributed by atoms with Gasteiger partial charge < -0.3 is 10.2 Å². The van der Waals surface area contributed by atoms with Gasteiger partial charge in [0.2, 0.25) is 11.8 Å². The molecule has 0 aliphatic heterocycles. The van der Waals surface area contributed by atoms with Gasteiger partial charge in [-0.3, -0.25) is 9.59 Å². The second-order valence-electron chi connectivity index (χ2n) is 3.07. The maximum atomic E-state index is 11.4. The van der Waals surface area contributed by atoms with Crippen molar-refractivity contribution in [2.45, 2.75) is 19.3 Å². The van der Waals surface area contributed by atoms with Gasteiger partial charge >= 0.3 is 0 Å². The minimum Gasteiger partial charge on any atom is -0.358 e. The second-order valence-corrected chi connectivity index (χ2v) is 3.86. The average Bonchev–Trinajstić information content (AvgIpc) is 2.17. The molecule has 0 saturated carbocycles. The Morgan fingerprint density at radius 3 is 2.50 bits per heavy atom. The molecule has 0 heterocycles. The predicted molar refractivity (Wildman–Crippen MR) is 59.3 cm³/mol. The summed E-state index contributed by atoms with van der Waals surface area (Å²) in [6.45, 7) is 0.143. The maximum Gasteiger partial charge on any atom is 0.239 e. The first-order valence-electron chi connectivity index (χ1n) is 4.62. The van der Waals surface area contributed by atoms with Crippen molar-refractivity contribution in [1.29, 1.82) is 0 Å². The topological polar surface area (TPSA) is 49.4 Å². The van der Waals surface area contributed by atoms with Gasteiger partial charge in [0.25, 0.3) is 0 Å². The lowest BCUT2D eigenvalue weighted by Crippen LogP contribution is -2.36. The minimum absolute atomic E-state index is 0.0227. The van der Waals surface area contributed by atoms with Crippen molar-refractivity contribution in [3.8, 4) is 0 Å². The summed E-state index contributed by atoms with van der Waals surface area (Å²) in [5.74, 6) is -0.115. The highest BCUT2D eigenvalue weighted by Gasteiger charge is 2.10. The summed E-state index contributed by atoms with van der Waals surface area (Å²) in [5, 5.41) is 3.39. The monoisotopic (exact) mass is 264 g/mol. The molecule has 82 valence electrons. The molecule has 0 aromatic carbocycles. The number of likely N-dealkylation sites (N-methyl/N-ethyl adjacent to an activating group) is 2. The van der Waals surface area contributed by atoms with Gasteiger partial charge in [0.15, 0.2) is 0 Å². The van der Waals surface area contributed by atoms with Crippen molar-refractivity contribution in [3.05, 3.63) is 0 Å². The molecule has 0 rings (SSSR count). The Hall–Kier alpha value is -0.580. The highest BCUT2D eigenvalue weighted by molar-refractivity contribution is 9.09. The quantitative estimate of drug-likeness (QED) is 0.569. The molecule has 2 amide bonds. The van der Waals surface area contributed by atoms with E-state index in [1.165, 1.54) is 4.90 Å². The molecule has 1 N–H and O–H groups in total. The van der Waals surface area contributed by atoms with E-state index in [2.05, 4.69) is 21.2 Å². The third-order valence-corrected chi connectivity index (χ3v) is 2.42. The molecule has 0 spiro atoms. The summed E-state index contributed by atoms with van der Waals surface area (Å²) in [4.78, 5) is 23.8. The maximum absolute atomic E-state index is 11.4. The van der Waals surface area contributed by atoms with Gasteiger partial charge in [-0.25, -0.2) is 0 Å². The van der Waals surface area contributed by atoms with Crippen LogP contribution in [0.15, 0.2) is 0 Å². The Labute approximate surface area is 93.2 Å². The van der Waals surface area contributed by atoms with E-state index >= 15 is 0 Å². The SMILES string of the molecule is CNC(=O)CN(C)C(=O)CCCCBr. The van der Waals surface area contributed by atoms with E-state index in [4.69, 9.17) is 0 Å². The number of unbranched alkanes of at least 4 members (excludes halogenated alkanes) is 1. The number of rotatable bonds is 6. The molecule has 0 radical (unpaired) electrons. The van der Waals surface area contributed by atoms with Crippen LogP contribution >= 0.6 is 15.9 Å². The largest absolute Gasteiger partial charge is 0.358 e. The normalized spacial score (nSPS) is 9.64. The molecule has 0 aromatic heterocycles. The number of nitrogens with zero attached hydrogens (tertiary/aromatic N) is 1. The van der Waals surface area contributed by atoms with Gasteiger partial charge in [0.1, 0.15) is 0 Å². The van der Waals surface area contributed by atoms with Crippen LogP contribution in [0.5, 0.6) is 0 Å². The standard InChI is InChI=1S/C9H17BrN2O2/c1-11-8(13)7-12(2)9(14)5-3-4-6-10/h3-7H2,1-2H3,(H,11,13). The zero-order valence-electron chi connectivity index (χ0n) is 8.68. The molecule has 0 atom stereocenters. The molecule has 5 heteroatoms. The molecule has 0 fully saturated rings. The summed E-state index contributed by atoms with van der Waals surface area (Å²) < 4.78 is 0. The van der Waals surface area contributed by atoms with Crippen molar-refractivity contribution in [2.24, 2.45) is 0 Å². The van der Waals surface area contributed by atoms with Crippen LogP contribution in [-0.2, 0) is 9.59 Å². The lowest BCUT2D eigenvalue weighted by Gasteiger charge is -2.15. The van der Waals surface area contributed by atoms with Crippen LogP contribution in [-0.4, -0.2) is 42.7 Å². The van der Waals surface area contributed by atoms with Gasteiger partial charge in [-0.15, -0.1) is 0 Å². The van der Waals surface area contributed by atoms with Crippen molar-refractivity contribution in [2.75, 3.05) is 26.0 Å². The number of halogens is 1. The van der Waals surface area contributed by atoms with E-state index in [1.54, 1.807) is 14.1 Å². The van der Waals surface area contributed by atoms with E-state index in [9.17, 15) is 9.59 Å². The number of nitrogens with one attached hydrogen (secondary N) is 1. The van der Waals surface area contributed by atoms with E-state index in [0.717, 1.165) is 18.2 Å². The van der Waals surface area contributed by atoms with Gasteiger partial charge in [-0.1, -0.05) is 15.9 Å². The smallest absolute Gasteiger partial charge is 0.239 e. The molecule has 0 unspecified atom stereocenters. The first kappa shape index (κ1) is 13.4. The van der Waals surface area contributed by atoms with E-state index in [-0.39, 0.29) is 18.4 Å². The highest BCUT2D eigenvalue weighted by Crippen LogP contribution is 2.01. The van der Waals surface area contributed by atoms with Crippen LogP contribution < -0.4 is 5.32 Å². The number of alkyl halides is 1. The fourth-order valence-electron chi connectivity index (χ4n) is 0.944. The fraction of sp³-hybridized carbons (Fsp3) is 0.778. The Kier molecular flexibility index (Phi) is 7.47. The van der Waals surface area contributed by atoms with Crippen LogP contribution in [0.25, 0.3) is 0 Å². The molecule has 4 nitrogen and oxygen atoms in total. The Morgan fingerprint density at radius 1 is 1.36 bits per heavy atom. The van der Waals surface area contributed by atoms with E-state index in [0.29, 0.717) is 6.42 Å². The van der Waals surface area contributed by atoms with Crippen molar-refractivity contribution < 1.29 is 9.59 Å². The number of hydrogen-bond acceptors (Lipinski definition) is 2. The number of amides is 2. The lowest BCUT2D eigenvalue weighted by molar-refractivity contribution is -0.134. The summed E-state index contributed by atoms with van der Waals surface area (Å²) >= 11 is 3.30. The van der Waals surface area contributed by atoms with E-state index in [1.807, 2.05) is 0 Å². The highest BCUT2D eigenvalue weighted by atomic mass is 79.9. The summed E-state index contributed by atoms with van der Waals surface area (Å²) in [6.07, 6.45) is 2.36. The van der Waals surface area contributed by atoms with Crippen LogP contribution in [0.3, 0.4) is 0 Å². The Bertz CT molecular complexity index is 197. The number of carbonyl (C=O) groups is 2. The van der Waals surface area contributed by atoms with Crippen molar-refractivity contribution in [1.82, 2.24) is 10.2 Å². The second kappa shape index (κ2) is 7.79.